The van der Waals surface area contributed by atoms with Crippen molar-refractivity contribution in [2.24, 2.45) is 0 Å². The van der Waals surface area contributed by atoms with Crippen LogP contribution in [0.2, 0.25) is 5.22 Å². The topological polar surface area (TPSA) is 50.4 Å². The van der Waals surface area contributed by atoms with Gasteiger partial charge in [-0.2, -0.15) is 0 Å². The number of carboxylic acids is 1. The highest BCUT2D eigenvalue weighted by Gasteiger charge is 2.02. The van der Waals surface area contributed by atoms with Crippen LogP contribution in [-0.2, 0) is 11.2 Å². The van der Waals surface area contributed by atoms with Gasteiger partial charge in [0, 0.05) is 5.56 Å². The molecule has 1 rings (SSSR count). The van der Waals surface area contributed by atoms with Crippen LogP contribution in [0.5, 0.6) is 0 Å². The van der Waals surface area contributed by atoms with Crippen molar-refractivity contribution in [2.75, 3.05) is 0 Å². The summed E-state index contributed by atoms with van der Waals surface area (Å²) in [6.45, 7) is 0. The van der Waals surface area contributed by atoms with Crippen LogP contribution in [-0.4, -0.2) is 11.1 Å². The third kappa shape index (κ3) is 1.77. The monoisotopic (exact) mass is 160 g/mol. The van der Waals surface area contributed by atoms with Gasteiger partial charge >= 0.3 is 5.97 Å². The van der Waals surface area contributed by atoms with Crippen molar-refractivity contribution in [3.8, 4) is 0 Å². The highest BCUT2D eigenvalue weighted by atomic mass is 35.5. The Morgan fingerprint density at radius 3 is 2.90 bits per heavy atom. The van der Waals surface area contributed by atoms with Gasteiger partial charge in [-0.05, 0) is 17.7 Å². The van der Waals surface area contributed by atoms with E-state index in [-0.39, 0.29) is 11.6 Å². The number of carbonyl (C=O) groups is 1. The van der Waals surface area contributed by atoms with Gasteiger partial charge in [0.25, 0.3) is 0 Å². The van der Waals surface area contributed by atoms with E-state index >= 15 is 0 Å². The van der Waals surface area contributed by atoms with Crippen LogP contribution in [0.3, 0.4) is 0 Å². The summed E-state index contributed by atoms with van der Waals surface area (Å²) in [5.41, 5.74) is 0.581. The first-order chi connectivity index (χ1) is 4.68. The van der Waals surface area contributed by atoms with E-state index in [0.29, 0.717) is 5.56 Å². The standard InChI is InChI=1S/C6H5ClO3/c7-5-1-4(3-10-5)2-6(8)9/h1,3H,2H2,(H,8,9). The summed E-state index contributed by atoms with van der Waals surface area (Å²) in [7, 11) is 0. The number of rotatable bonds is 2. The van der Waals surface area contributed by atoms with Gasteiger partial charge in [-0.1, -0.05) is 0 Å². The van der Waals surface area contributed by atoms with Crippen molar-refractivity contribution < 1.29 is 14.3 Å². The molecule has 0 unspecified atom stereocenters. The van der Waals surface area contributed by atoms with Crippen LogP contribution >= 0.6 is 11.6 Å². The average molecular weight is 161 g/mol. The van der Waals surface area contributed by atoms with E-state index in [1.54, 1.807) is 0 Å². The lowest BCUT2D eigenvalue weighted by Crippen LogP contribution is -1.97. The fourth-order valence-corrected chi connectivity index (χ4v) is 0.798. The lowest BCUT2D eigenvalue weighted by Gasteiger charge is -1.84. The zero-order chi connectivity index (χ0) is 7.56. The Labute approximate surface area is 62.2 Å². The van der Waals surface area contributed by atoms with Crippen LogP contribution < -0.4 is 0 Å². The molecule has 3 nitrogen and oxygen atoms in total. The molecule has 0 aliphatic heterocycles. The molecule has 0 spiro atoms. The second-order valence-corrected chi connectivity index (χ2v) is 2.20. The molecule has 4 heteroatoms. The van der Waals surface area contributed by atoms with E-state index in [1.807, 2.05) is 0 Å². The number of furan rings is 1. The Morgan fingerprint density at radius 2 is 2.50 bits per heavy atom. The minimum atomic E-state index is -0.891. The molecule has 1 heterocycles. The van der Waals surface area contributed by atoms with Gasteiger partial charge in [-0.3, -0.25) is 4.79 Å². The molecule has 0 aliphatic carbocycles. The highest BCUT2D eigenvalue weighted by molar-refractivity contribution is 6.28. The maximum atomic E-state index is 10.1. The number of hydrogen-bond acceptors (Lipinski definition) is 2. The van der Waals surface area contributed by atoms with E-state index < -0.39 is 5.97 Å². The zero-order valence-corrected chi connectivity index (χ0v) is 5.76. The van der Waals surface area contributed by atoms with E-state index in [9.17, 15) is 4.79 Å². The van der Waals surface area contributed by atoms with Gasteiger partial charge in [0.15, 0.2) is 5.22 Å². The van der Waals surface area contributed by atoms with Crippen LogP contribution in [0.15, 0.2) is 16.7 Å². The van der Waals surface area contributed by atoms with Crippen LogP contribution in [0.4, 0.5) is 0 Å². The SMILES string of the molecule is O=C(O)Cc1coc(Cl)c1. The van der Waals surface area contributed by atoms with E-state index in [0.717, 1.165) is 0 Å². The Bertz CT molecular complexity index is 241. The Kier molecular flexibility index (Phi) is 1.97. The molecule has 0 saturated carbocycles. The summed E-state index contributed by atoms with van der Waals surface area (Å²) in [6, 6.07) is 1.48. The van der Waals surface area contributed by atoms with Crippen molar-refractivity contribution in [2.45, 2.75) is 6.42 Å². The van der Waals surface area contributed by atoms with E-state index in [1.165, 1.54) is 12.3 Å². The van der Waals surface area contributed by atoms with Gasteiger partial charge in [0.2, 0.25) is 0 Å². The Balaban J connectivity index is 2.67. The molecule has 0 bridgehead atoms. The molecule has 1 aromatic heterocycles. The number of carboxylic acid groups (broad SMARTS) is 1. The summed E-state index contributed by atoms with van der Waals surface area (Å²) in [5, 5.41) is 8.51. The first-order valence-corrected chi connectivity index (χ1v) is 3.01. The first-order valence-electron chi connectivity index (χ1n) is 2.63. The molecule has 0 aliphatic rings. The van der Waals surface area contributed by atoms with Crippen LogP contribution in [0, 0.1) is 0 Å². The van der Waals surface area contributed by atoms with Gasteiger partial charge < -0.3 is 9.52 Å². The normalized spacial score (nSPS) is 9.70. The molecule has 0 amide bonds. The minimum absolute atomic E-state index is 0.0454. The van der Waals surface area contributed by atoms with Gasteiger partial charge in [-0.25, -0.2) is 0 Å². The summed E-state index contributed by atoms with van der Waals surface area (Å²) in [4.78, 5) is 10.1. The molecule has 54 valence electrons. The smallest absolute Gasteiger partial charge is 0.307 e. The van der Waals surface area contributed by atoms with Crippen molar-refractivity contribution in [1.29, 1.82) is 0 Å². The summed E-state index contributed by atoms with van der Waals surface area (Å²) in [5.74, 6) is -0.891. The fraction of sp³-hybridized carbons (Fsp3) is 0.167. The third-order valence-corrected chi connectivity index (χ3v) is 1.18. The van der Waals surface area contributed by atoms with Gasteiger partial charge in [-0.15, -0.1) is 0 Å². The van der Waals surface area contributed by atoms with Crippen molar-refractivity contribution in [3.05, 3.63) is 23.1 Å². The molecule has 0 saturated heterocycles. The molecule has 1 N–H and O–H groups in total. The predicted molar refractivity (Wildman–Crippen MR) is 35.1 cm³/mol. The summed E-state index contributed by atoms with van der Waals surface area (Å²) in [6.07, 6.45) is 1.28. The molecule has 0 radical (unpaired) electrons. The number of halogens is 1. The number of hydrogen-bond donors (Lipinski definition) is 1. The maximum absolute atomic E-state index is 10.1. The second-order valence-electron chi connectivity index (χ2n) is 1.83. The first kappa shape index (κ1) is 7.15. The van der Waals surface area contributed by atoms with Crippen LogP contribution in [0.1, 0.15) is 5.56 Å². The zero-order valence-electron chi connectivity index (χ0n) is 5.00. The van der Waals surface area contributed by atoms with E-state index in [4.69, 9.17) is 16.7 Å². The summed E-state index contributed by atoms with van der Waals surface area (Å²) < 4.78 is 4.67. The van der Waals surface area contributed by atoms with Crippen molar-refractivity contribution in [1.82, 2.24) is 0 Å². The maximum Gasteiger partial charge on any atom is 0.307 e. The highest BCUT2D eigenvalue weighted by Crippen LogP contribution is 2.13. The molecular formula is C6H5ClO3. The molecular weight excluding hydrogens is 156 g/mol. The van der Waals surface area contributed by atoms with Crippen molar-refractivity contribution >= 4 is 17.6 Å². The lowest BCUT2D eigenvalue weighted by atomic mass is 10.2. The van der Waals surface area contributed by atoms with Gasteiger partial charge in [0.05, 0.1) is 12.7 Å². The molecule has 0 aromatic carbocycles. The molecule has 0 fully saturated rings. The van der Waals surface area contributed by atoms with E-state index in [2.05, 4.69) is 4.42 Å². The van der Waals surface area contributed by atoms with Gasteiger partial charge in [0.1, 0.15) is 0 Å². The minimum Gasteiger partial charge on any atom is -0.481 e. The molecule has 1 aromatic rings. The van der Waals surface area contributed by atoms with Crippen LogP contribution in [0.25, 0.3) is 0 Å². The molecule has 0 atom stereocenters. The lowest BCUT2D eigenvalue weighted by molar-refractivity contribution is -0.136. The average Bonchev–Trinajstić information content (AvgIpc) is 2.13. The number of aliphatic carboxylic acids is 1. The summed E-state index contributed by atoms with van der Waals surface area (Å²) >= 11 is 5.38. The third-order valence-electron chi connectivity index (χ3n) is 0.977. The largest absolute Gasteiger partial charge is 0.481 e. The Morgan fingerprint density at radius 1 is 1.80 bits per heavy atom. The predicted octanol–water partition coefficient (Wildman–Crippen LogP) is 1.56. The van der Waals surface area contributed by atoms with Crippen molar-refractivity contribution in [3.63, 3.8) is 0 Å². The molecule has 10 heavy (non-hydrogen) atoms. The quantitative estimate of drug-likeness (QED) is 0.714. The fourth-order valence-electron chi connectivity index (χ4n) is 0.613. The Hall–Kier alpha value is -0.960. The second kappa shape index (κ2) is 2.75.